The molecule has 1 aliphatic rings. The van der Waals surface area contributed by atoms with Gasteiger partial charge in [-0.3, -0.25) is 4.39 Å². The molecule has 0 N–H and O–H groups in total. The molecule has 1 aliphatic carbocycles. The molecule has 0 saturated heterocycles. The van der Waals surface area contributed by atoms with Gasteiger partial charge in [0.05, 0.1) is 34.0 Å². The van der Waals surface area contributed by atoms with Crippen LogP contribution in [0.3, 0.4) is 0 Å². The number of aryl methyl sites for hydroxylation is 1. The van der Waals surface area contributed by atoms with Crippen molar-refractivity contribution in [2.75, 3.05) is 32.9 Å². The third-order valence-electron chi connectivity index (χ3n) is 7.52. The Bertz CT molecular complexity index is 1430. The minimum Gasteiger partial charge on any atom is -0.497 e. The molecule has 9 nitrogen and oxygen atoms in total. The lowest BCUT2D eigenvalue weighted by molar-refractivity contribution is 0.216. The highest BCUT2D eigenvalue weighted by molar-refractivity contribution is 5.82. The van der Waals surface area contributed by atoms with Crippen LogP contribution in [0.4, 0.5) is 10.2 Å². The topological polar surface area (TPSA) is 87.4 Å². The summed E-state index contributed by atoms with van der Waals surface area (Å²) in [7, 11) is 4.96. The van der Waals surface area contributed by atoms with Crippen LogP contribution in [0.5, 0.6) is 17.2 Å². The maximum atomic E-state index is 13.5. The van der Waals surface area contributed by atoms with Crippen LogP contribution in [0.2, 0.25) is 0 Å². The lowest BCUT2D eigenvalue weighted by Crippen LogP contribution is -2.24. The van der Waals surface area contributed by atoms with Crippen LogP contribution in [0.15, 0.2) is 42.7 Å². The first kappa shape index (κ1) is 26.6. The second kappa shape index (κ2) is 11.8. The van der Waals surface area contributed by atoms with E-state index in [4.69, 9.17) is 14.2 Å². The molecule has 1 saturated carbocycles. The Labute approximate surface area is 227 Å². The molecule has 10 heteroatoms. The van der Waals surface area contributed by atoms with Gasteiger partial charge in [-0.1, -0.05) is 23.8 Å². The van der Waals surface area contributed by atoms with Crippen molar-refractivity contribution in [3.63, 3.8) is 0 Å². The second-order valence-corrected chi connectivity index (χ2v) is 10.1. The number of fused-ring (bicyclic) bond motifs is 1. The first-order chi connectivity index (χ1) is 19.0. The van der Waals surface area contributed by atoms with Crippen molar-refractivity contribution in [1.82, 2.24) is 25.0 Å². The van der Waals surface area contributed by atoms with Crippen molar-refractivity contribution < 1.29 is 18.6 Å². The van der Waals surface area contributed by atoms with Crippen LogP contribution in [-0.4, -0.2) is 53.0 Å². The van der Waals surface area contributed by atoms with E-state index >= 15 is 0 Å². The number of nitrogens with zero attached hydrogens (tertiary/aromatic N) is 6. The fourth-order valence-electron chi connectivity index (χ4n) is 5.44. The zero-order chi connectivity index (χ0) is 27.4. The number of halogens is 1. The molecule has 2 aromatic carbocycles. The molecule has 0 amide bonds. The van der Waals surface area contributed by atoms with Crippen molar-refractivity contribution in [1.29, 1.82) is 0 Å². The molecule has 1 fully saturated rings. The fourth-order valence-corrected chi connectivity index (χ4v) is 5.44. The van der Waals surface area contributed by atoms with Crippen LogP contribution in [-0.2, 0) is 13.1 Å². The molecule has 206 valence electrons. The van der Waals surface area contributed by atoms with Gasteiger partial charge < -0.3 is 19.1 Å². The molecule has 2 aromatic heterocycles. The lowest BCUT2D eigenvalue weighted by Gasteiger charge is -2.27. The summed E-state index contributed by atoms with van der Waals surface area (Å²) in [6.45, 7) is 2.72. The molecule has 5 rings (SSSR count). The van der Waals surface area contributed by atoms with Crippen molar-refractivity contribution in [3.8, 4) is 17.2 Å². The van der Waals surface area contributed by atoms with Crippen LogP contribution in [0, 0.1) is 12.8 Å². The number of benzene rings is 2. The van der Waals surface area contributed by atoms with Crippen LogP contribution in [0.1, 0.15) is 48.4 Å². The van der Waals surface area contributed by atoms with Gasteiger partial charge in [0.2, 0.25) is 0 Å². The zero-order valence-electron chi connectivity index (χ0n) is 22.9. The molecule has 2 unspecified atom stereocenters. The molecule has 0 bridgehead atoms. The fraction of sp³-hybridized carbons (Fsp3) is 0.448. The highest BCUT2D eigenvalue weighted by atomic mass is 19.1. The maximum absolute atomic E-state index is 13.5. The monoisotopic (exact) mass is 534 g/mol. The highest BCUT2D eigenvalue weighted by Crippen LogP contribution is 2.36. The van der Waals surface area contributed by atoms with E-state index in [1.807, 2.05) is 35.9 Å². The van der Waals surface area contributed by atoms with Gasteiger partial charge in [0.15, 0.2) is 17.0 Å². The smallest absolute Gasteiger partial charge is 0.184 e. The SMILES string of the molecule is COc1ccc(CN(Cc2ccc(C)cc2OC)c2ncnc3c2nnn3C2CCCC(CF)C2)c(OC)c1. The molecule has 0 spiro atoms. The van der Waals surface area contributed by atoms with Crippen molar-refractivity contribution >= 4 is 17.0 Å². The lowest BCUT2D eigenvalue weighted by atomic mass is 9.86. The predicted octanol–water partition coefficient (Wildman–Crippen LogP) is 5.46. The van der Waals surface area contributed by atoms with Gasteiger partial charge in [-0.2, -0.15) is 0 Å². The number of methoxy groups -OCH3 is 3. The summed E-state index contributed by atoms with van der Waals surface area (Å²) in [6, 6.07) is 12.0. The molecular weight excluding hydrogens is 499 g/mol. The maximum Gasteiger partial charge on any atom is 0.184 e. The summed E-state index contributed by atoms with van der Waals surface area (Å²) in [5.74, 6) is 2.94. The number of ether oxygens (including phenoxy) is 3. The number of rotatable bonds is 10. The minimum atomic E-state index is -0.306. The summed E-state index contributed by atoms with van der Waals surface area (Å²) in [5.41, 5.74) is 4.35. The average Bonchev–Trinajstić information content (AvgIpc) is 3.42. The van der Waals surface area contributed by atoms with E-state index in [0.29, 0.717) is 41.6 Å². The van der Waals surface area contributed by atoms with Gasteiger partial charge in [0.25, 0.3) is 0 Å². The van der Waals surface area contributed by atoms with Crippen LogP contribution >= 0.6 is 0 Å². The molecule has 2 heterocycles. The molecule has 0 radical (unpaired) electrons. The second-order valence-electron chi connectivity index (χ2n) is 10.1. The Morgan fingerprint density at radius 3 is 2.41 bits per heavy atom. The predicted molar refractivity (Wildman–Crippen MR) is 147 cm³/mol. The van der Waals surface area contributed by atoms with E-state index in [1.165, 1.54) is 0 Å². The summed E-state index contributed by atoms with van der Waals surface area (Å²) in [4.78, 5) is 11.4. The number of anilines is 1. The quantitative estimate of drug-likeness (QED) is 0.265. The molecule has 0 aliphatic heterocycles. The Balaban J connectivity index is 1.57. The van der Waals surface area contributed by atoms with Crippen molar-refractivity contribution in [3.05, 3.63) is 59.4 Å². The number of hydrogen-bond donors (Lipinski definition) is 0. The largest absolute Gasteiger partial charge is 0.497 e. The third-order valence-corrected chi connectivity index (χ3v) is 7.52. The molecule has 2 atom stereocenters. The Kier molecular flexibility index (Phi) is 8.09. The van der Waals surface area contributed by atoms with Crippen LogP contribution in [0.25, 0.3) is 11.2 Å². The minimum absolute atomic E-state index is 0.0531. The van der Waals surface area contributed by atoms with E-state index in [0.717, 1.165) is 48.1 Å². The van der Waals surface area contributed by atoms with Gasteiger partial charge in [-0.15, -0.1) is 5.10 Å². The van der Waals surface area contributed by atoms with Gasteiger partial charge in [0.1, 0.15) is 23.6 Å². The summed E-state index contributed by atoms with van der Waals surface area (Å²) in [5, 5.41) is 9.04. The molecule has 39 heavy (non-hydrogen) atoms. The van der Waals surface area contributed by atoms with E-state index in [-0.39, 0.29) is 18.6 Å². The Morgan fingerprint density at radius 2 is 1.69 bits per heavy atom. The van der Waals surface area contributed by atoms with E-state index in [9.17, 15) is 4.39 Å². The Morgan fingerprint density at radius 1 is 0.949 bits per heavy atom. The van der Waals surface area contributed by atoms with Gasteiger partial charge >= 0.3 is 0 Å². The Hall–Kier alpha value is -3.95. The zero-order valence-corrected chi connectivity index (χ0v) is 22.9. The summed E-state index contributed by atoms with van der Waals surface area (Å²) < 4.78 is 32.2. The summed E-state index contributed by atoms with van der Waals surface area (Å²) in [6.07, 6.45) is 5.10. The van der Waals surface area contributed by atoms with E-state index in [2.05, 4.69) is 37.3 Å². The van der Waals surface area contributed by atoms with Crippen LogP contribution < -0.4 is 19.1 Å². The van der Waals surface area contributed by atoms with Crippen molar-refractivity contribution in [2.24, 2.45) is 5.92 Å². The van der Waals surface area contributed by atoms with E-state index < -0.39 is 0 Å². The highest BCUT2D eigenvalue weighted by Gasteiger charge is 2.28. The number of aromatic nitrogens is 5. The molecular formula is C29H35FN6O3. The van der Waals surface area contributed by atoms with E-state index in [1.54, 1.807) is 27.7 Å². The third kappa shape index (κ3) is 5.60. The average molecular weight is 535 g/mol. The number of alkyl halides is 1. The van der Waals surface area contributed by atoms with Crippen molar-refractivity contribution in [2.45, 2.75) is 51.7 Å². The first-order valence-corrected chi connectivity index (χ1v) is 13.3. The summed E-state index contributed by atoms with van der Waals surface area (Å²) >= 11 is 0. The van der Waals surface area contributed by atoms with Gasteiger partial charge in [0, 0.05) is 30.3 Å². The molecule has 4 aromatic rings. The van der Waals surface area contributed by atoms with Gasteiger partial charge in [-0.05, 0) is 55.9 Å². The first-order valence-electron chi connectivity index (χ1n) is 13.3. The van der Waals surface area contributed by atoms with Gasteiger partial charge in [-0.25, -0.2) is 14.6 Å². The number of hydrogen-bond acceptors (Lipinski definition) is 8. The standard InChI is InChI=1S/C29H35FN6O3/c1-19-8-9-21(25(12-19)38-3)16-35(17-22-10-11-24(37-2)14-26(22)39-4)28-27-29(32-18-31-28)36(34-33-27)23-7-5-6-20(13-23)15-30/h8-12,14,18,20,23H,5-7,13,15-17H2,1-4H3. The normalized spacial score (nSPS) is 17.3.